The van der Waals surface area contributed by atoms with Crippen molar-refractivity contribution in [2.45, 2.75) is 26.3 Å². The summed E-state index contributed by atoms with van der Waals surface area (Å²) in [5.74, 6) is -1.16. The van der Waals surface area contributed by atoms with E-state index in [2.05, 4.69) is 10.3 Å². The lowest BCUT2D eigenvalue weighted by molar-refractivity contribution is -0.138. The van der Waals surface area contributed by atoms with Crippen LogP contribution < -0.4 is 5.32 Å². The topological polar surface area (TPSA) is 75.4 Å². The van der Waals surface area contributed by atoms with Crippen molar-refractivity contribution in [2.24, 2.45) is 5.92 Å². The minimum Gasteiger partial charge on any atom is -0.480 e. The molecule has 0 saturated heterocycles. The second-order valence-corrected chi connectivity index (χ2v) is 4.80. The van der Waals surface area contributed by atoms with Crippen LogP contribution in [-0.4, -0.2) is 22.1 Å². The molecule has 0 aliphatic rings. The third-order valence-corrected chi connectivity index (χ3v) is 2.65. The number of halogens is 1. The van der Waals surface area contributed by atoms with Gasteiger partial charge in [0.2, 0.25) is 0 Å². The second kappa shape index (κ2) is 5.26. The number of carboxylic acids is 1. The maximum Gasteiger partial charge on any atom is 0.326 e. The third-order valence-electron chi connectivity index (χ3n) is 2.65. The van der Waals surface area contributed by atoms with E-state index in [-0.39, 0.29) is 11.9 Å². The fraction of sp³-hybridized carbons (Fsp3) is 0.385. The van der Waals surface area contributed by atoms with E-state index in [1.54, 1.807) is 0 Å². The van der Waals surface area contributed by atoms with E-state index >= 15 is 0 Å². The minimum atomic E-state index is -0.970. The number of carbonyl (C=O) groups is 1. The molecule has 0 fully saturated rings. The van der Waals surface area contributed by atoms with Gasteiger partial charge in [-0.05, 0) is 24.5 Å². The normalized spacial score (nSPS) is 12.8. The Morgan fingerprint density at radius 3 is 2.89 bits per heavy atom. The molecular weight excluding hydrogens is 251 g/mol. The number of oxazole rings is 1. The van der Waals surface area contributed by atoms with Gasteiger partial charge in [-0.1, -0.05) is 13.8 Å². The molecule has 5 nitrogen and oxygen atoms in total. The Bertz CT molecular complexity index is 595. The predicted octanol–water partition coefficient (Wildman–Crippen LogP) is 2.88. The van der Waals surface area contributed by atoms with Gasteiger partial charge in [0, 0.05) is 6.07 Å². The smallest absolute Gasteiger partial charge is 0.326 e. The third kappa shape index (κ3) is 3.21. The van der Waals surface area contributed by atoms with Gasteiger partial charge in [0.1, 0.15) is 17.4 Å². The van der Waals surface area contributed by atoms with Crippen molar-refractivity contribution in [3.05, 3.63) is 24.0 Å². The quantitative estimate of drug-likeness (QED) is 0.870. The molecule has 1 aromatic carbocycles. The summed E-state index contributed by atoms with van der Waals surface area (Å²) in [4.78, 5) is 15.1. The monoisotopic (exact) mass is 266 g/mol. The van der Waals surface area contributed by atoms with Crippen molar-refractivity contribution in [1.29, 1.82) is 0 Å². The Hall–Kier alpha value is -2.11. The van der Waals surface area contributed by atoms with Crippen molar-refractivity contribution in [3.8, 4) is 0 Å². The van der Waals surface area contributed by atoms with Gasteiger partial charge in [0.25, 0.3) is 6.01 Å². The molecule has 2 aromatic rings. The fourth-order valence-electron chi connectivity index (χ4n) is 1.80. The van der Waals surface area contributed by atoms with Crippen LogP contribution in [0.4, 0.5) is 10.4 Å². The summed E-state index contributed by atoms with van der Waals surface area (Å²) in [6.45, 7) is 3.86. The summed E-state index contributed by atoms with van der Waals surface area (Å²) in [5.41, 5.74) is 0.772. The number of carboxylic acid groups (broad SMARTS) is 1. The lowest BCUT2D eigenvalue weighted by Crippen LogP contribution is -2.30. The molecular formula is C13H15FN2O3. The fourth-order valence-corrected chi connectivity index (χ4v) is 1.80. The molecule has 102 valence electrons. The van der Waals surface area contributed by atoms with Gasteiger partial charge in [0.15, 0.2) is 5.58 Å². The number of hydrogen-bond donors (Lipinski definition) is 2. The highest BCUT2D eigenvalue weighted by atomic mass is 19.1. The van der Waals surface area contributed by atoms with Crippen LogP contribution in [0.2, 0.25) is 0 Å². The molecule has 0 radical (unpaired) electrons. The molecule has 1 atom stereocenters. The standard InChI is InChI=1S/C13H15FN2O3/c1-7(2)5-10(12(17)18)16-13-15-9-6-8(14)3-4-11(9)19-13/h3-4,6-7,10H,5H2,1-2H3,(H,15,16)(H,17,18)/t10-/m1/s1. The Balaban J connectivity index is 2.21. The van der Waals surface area contributed by atoms with Crippen LogP contribution in [-0.2, 0) is 4.79 Å². The molecule has 0 amide bonds. The molecule has 0 bridgehead atoms. The van der Waals surface area contributed by atoms with E-state index in [9.17, 15) is 9.18 Å². The van der Waals surface area contributed by atoms with E-state index in [1.165, 1.54) is 18.2 Å². The largest absolute Gasteiger partial charge is 0.480 e. The molecule has 0 unspecified atom stereocenters. The number of anilines is 1. The van der Waals surface area contributed by atoms with Crippen molar-refractivity contribution in [3.63, 3.8) is 0 Å². The lowest BCUT2D eigenvalue weighted by atomic mass is 10.0. The SMILES string of the molecule is CC(C)C[C@@H](Nc1nc2cc(F)ccc2o1)C(=O)O. The molecule has 0 aliphatic heterocycles. The van der Waals surface area contributed by atoms with Crippen molar-refractivity contribution < 1.29 is 18.7 Å². The van der Waals surface area contributed by atoms with Gasteiger partial charge in [-0.15, -0.1) is 0 Å². The molecule has 1 heterocycles. The zero-order chi connectivity index (χ0) is 14.0. The Morgan fingerprint density at radius 2 is 2.26 bits per heavy atom. The predicted molar refractivity (Wildman–Crippen MR) is 68.5 cm³/mol. The minimum absolute atomic E-state index is 0.0913. The molecule has 1 aromatic heterocycles. The molecule has 0 saturated carbocycles. The summed E-state index contributed by atoms with van der Waals surface area (Å²) in [6, 6.07) is 3.27. The number of aromatic nitrogens is 1. The molecule has 0 aliphatic carbocycles. The van der Waals surface area contributed by atoms with Crippen molar-refractivity contribution in [1.82, 2.24) is 4.98 Å². The van der Waals surface area contributed by atoms with Crippen molar-refractivity contribution in [2.75, 3.05) is 5.32 Å². The molecule has 19 heavy (non-hydrogen) atoms. The van der Waals surface area contributed by atoms with E-state index in [0.717, 1.165) is 0 Å². The zero-order valence-corrected chi connectivity index (χ0v) is 10.7. The average molecular weight is 266 g/mol. The highest BCUT2D eigenvalue weighted by Gasteiger charge is 2.21. The summed E-state index contributed by atoms with van der Waals surface area (Å²) in [5, 5.41) is 11.8. The number of rotatable bonds is 5. The van der Waals surface area contributed by atoms with Crippen LogP contribution in [0, 0.1) is 11.7 Å². The summed E-state index contributed by atoms with van der Waals surface area (Å²) in [7, 11) is 0. The summed E-state index contributed by atoms with van der Waals surface area (Å²) < 4.78 is 18.3. The van der Waals surface area contributed by atoms with Crippen LogP contribution in [0.15, 0.2) is 22.6 Å². The lowest BCUT2D eigenvalue weighted by Gasteiger charge is -2.14. The number of hydrogen-bond acceptors (Lipinski definition) is 4. The van der Waals surface area contributed by atoms with Gasteiger partial charge >= 0.3 is 5.97 Å². The molecule has 0 spiro atoms. The van der Waals surface area contributed by atoms with Gasteiger partial charge in [-0.25, -0.2) is 9.18 Å². The zero-order valence-electron chi connectivity index (χ0n) is 10.7. The van der Waals surface area contributed by atoms with Crippen LogP contribution in [0.5, 0.6) is 0 Å². The van der Waals surface area contributed by atoms with E-state index < -0.39 is 17.8 Å². The molecule has 6 heteroatoms. The summed E-state index contributed by atoms with van der Waals surface area (Å²) in [6.07, 6.45) is 0.447. The first-order chi connectivity index (χ1) is 8.95. The highest BCUT2D eigenvalue weighted by molar-refractivity contribution is 5.78. The first-order valence-corrected chi connectivity index (χ1v) is 6.01. The Morgan fingerprint density at radius 1 is 1.53 bits per heavy atom. The summed E-state index contributed by atoms with van der Waals surface area (Å²) >= 11 is 0. The maximum absolute atomic E-state index is 13.0. The van der Waals surface area contributed by atoms with Gasteiger partial charge in [0.05, 0.1) is 0 Å². The number of benzene rings is 1. The van der Waals surface area contributed by atoms with Crippen LogP contribution in [0.1, 0.15) is 20.3 Å². The first-order valence-electron chi connectivity index (χ1n) is 6.01. The van der Waals surface area contributed by atoms with Crippen LogP contribution in [0.3, 0.4) is 0 Å². The van der Waals surface area contributed by atoms with E-state index in [1.807, 2.05) is 13.8 Å². The van der Waals surface area contributed by atoms with Crippen molar-refractivity contribution >= 4 is 23.1 Å². The first kappa shape index (κ1) is 13.3. The van der Waals surface area contributed by atoms with Crippen LogP contribution >= 0.6 is 0 Å². The van der Waals surface area contributed by atoms with Gasteiger partial charge in [-0.3, -0.25) is 0 Å². The number of nitrogens with one attached hydrogen (secondary N) is 1. The number of fused-ring (bicyclic) bond motifs is 1. The van der Waals surface area contributed by atoms with Gasteiger partial charge in [-0.2, -0.15) is 4.98 Å². The molecule has 2 rings (SSSR count). The highest BCUT2D eigenvalue weighted by Crippen LogP contribution is 2.21. The number of aliphatic carboxylic acids is 1. The van der Waals surface area contributed by atoms with Crippen LogP contribution in [0.25, 0.3) is 11.1 Å². The average Bonchev–Trinajstić information content (AvgIpc) is 2.68. The molecule has 2 N–H and O–H groups in total. The Labute approximate surface area is 109 Å². The van der Waals surface area contributed by atoms with E-state index in [4.69, 9.17) is 9.52 Å². The van der Waals surface area contributed by atoms with E-state index in [0.29, 0.717) is 17.5 Å². The maximum atomic E-state index is 13.0. The Kier molecular flexibility index (Phi) is 3.69. The second-order valence-electron chi connectivity index (χ2n) is 4.80. The van der Waals surface area contributed by atoms with Gasteiger partial charge < -0.3 is 14.8 Å². The number of nitrogens with zero attached hydrogens (tertiary/aromatic N) is 1.